The van der Waals surface area contributed by atoms with Gasteiger partial charge in [-0.2, -0.15) is 0 Å². The van der Waals surface area contributed by atoms with E-state index in [0.717, 1.165) is 11.9 Å². The van der Waals surface area contributed by atoms with Gasteiger partial charge < -0.3 is 14.6 Å². The Labute approximate surface area is 153 Å². The number of amides is 2. The first-order valence-corrected chi connectivity index (χ1v) is 9.26. The van der Waals surface area contributed by atoms with Gasteiger partial charge in [0, 0.05) is 13.0 Å². The van der Waals surface area contributed by atoms with Crippen LogP contribution >= 0.6 is 0 Å². The number of likely N-dealkylation sites (tertiary alicyclic amines) is 1. The van der Waals surface area contributed by atoms with Crippen molar-refractivity contribution in [3.8, 4) is 0 Å². The van der Waals surface area contributed by atoms with Crippen LogP contribution in [-0.2, 0) is 21.5 Å². The Morgan fingerprint density at radius 2 is 2.12 bits per heavy atom. The number of nitrogens with zero attached hydrogens (tertiary/aromatic N) is 2. The van der Waals surface area contributed by atoms with Crippen LogP contribution in [0, 0.1) is 0 Å². The normalized spacial score (nSPS) is 17.7. The zero-order chi connectivity index (χ0) is 18.9. The van der Waals surface area contributed by atoms with Gasteiger partial charge in [0.2, 0.25) is 17.7 Å². The minimum atomic E-state index is -0.376. The minimum Gasteiger partial charge on any atom is -0.439 e. The van der Waals surface area contributed by atoms with Crippen LogP contribution in [0.5, 0.6) is 0 Å². The second-order valence-electron chi connectivity index (χ2n) is 7.86. The largest absolute Gasteiger partial charge is 0.439 e. The maximum Gasteiger partial charge on any atom is 0.243 e. The molecule has 2 aromatic rings. The van der Waals surface area contributed by atoms with E-state index in [2.05, 4.69) is 31.1 Å². The highest BCUT2D eigenvalue weighted by Crippen LogP contribution is 2.26. The van der Waals surface area contributed by atoms with Crippen LogP contribution in [0.1, 0.15) is 58.4 Å². The number of hydrogen-bond acceptors (Lipinski definition) is 4. The SMILES string of the molecule is CCC(=O)N1CCC[C@H]1C(=O)NCc1nc2cc(C(C)(C)C)ccc2o1. The molecule has 1 aromatic heterocycles. The molecule has 1 atom stereocenters. The molecule has 1 saturated heterocycles. The summed E-state index contributed by atoms with van der Waals surface area (Å²) in [7, 11) is 0. The fraction of sp³-hybridized carbons (Fsp3) is 0.550. The smallest absolute Gasteiger partial charge is 0.243 e. The number of aromatic nitrogens is 1. The van der Waals surface area contributed by atoms with Crippen molar-refractivity contribution in [2.24, 2.45) is 0 Å². The van der Waals surface area contributed by atoms with Gasteiger partial charge in [0.1, 0.15) is 11.6 Å². The van der Waals surface area contributed by atoms with Crippen molar-refractivity contribution in [1.82, 2.24) is 15.2 Å². The van der Waals surface area contributed by atoms with Crippen LogP contribution in [0.25, 0.3) is 11.1 Å². The quantitative estimate of drug-likeness (QED) is 0.912. The second-order valence-corrected chi connectivity index (χ2v) is 7.86. The maximum atomic E-state index is 12.5. The highest BCUT2D eigenvalue weighted by Gasteiger charge is 2.33. The number of benzene rings is 1. The summed E-state index contributed by atoms with van der Waals surface area (Å²) < 4.78 is 5.74. The van der Waals surface area contributed by atoms with Crippen molar-refractivity contribution in [2.75, 3.05) is 6.54 Å². The fourth-order valence-electron chi connectivity index (χ4n) is 3.34. The first-order valence-electron chi connectivity index (χ1n) is 9.26. The molecule has 0 aliphatic carbocycles. The Hall–Kier alpha value is -2.37. The van der Waals surface area contributed by atoms with E-state index < -0.39 is 0 Å². The third-order valence-corrected chi connectivity index (χ3v) is 4.89. The van der Waals surface area contributed by atoms with Crippen LogP contribution in [0.15, 0.2) is 22.6 Å². The lowest BCUT2D eigenvalue weighted by Gasteiger charge is -2.23. The molecule has 2 heterocycles. The van der Waals surface area contributed by atoms with E-state index >= 15 is 0 Å². The molecule has 1 N–H and O–H groups in total. The topological polar surface area (TPSA) is 75.4 Å². The number of fused-ring (bicyclic) bond motifs is 1. The monoisotopic (exact) mass is 357 g/mol. The summed E-state index contributed by atoms with van der Waals surface area (Å²) in [4.78, 5) is 30.6. The lowest BCUT2D eigenvalue weighted by Crippen LogP contribution is -2.45. The highest BCUT2D eigenvalue weighted by molar-refractivity contribution is 5.88. The molecule has 0 radical (unpaired) electrons. The molecule has 26 heavy (non-hydrogen) atoms. The van der Waals surface area contributed by atoms with Gasteiger partial charge >= 0.3 is 0 Å². The molecule has 0 unspecified atom stereocenters. The predicted octanol–water partition coefficient (Wildman–Crippen LogP) is 3.14. The van der Waals surface area contributed by atoms with Gasteiger partial charge in [-0.1, -0.05) is 33.8 Å². The summed E-state index contributed by atoms with van der Waals surface area (Å²) in [6.45, 7) is 9.16. The molecule has 0 saturated carbocycles. The van der Waals surface area contributed by atoms with Gasteiger partial charge in [-0.25, -0.2) is 4.98 Å². The van der Waals surface area contributed by atoms with Gasteiger partial charge in [-0.15, -0.1) is 0 Å². The molecule has 140 valence electrons. The summed E-state index contributed by atoms with van der Waals surface area (Å²) >= 11 is 0. The summed E-state index contributed by atoms with van der Waals surface area (Å²) in [5.41, 5.74) is 2.74. The van der Waals surface area contributed by atoms with E-state index in [4.69, 9.17) is 4.42 Å². The van der Waals surface area contributed by atoms with Gasteiger partial charge in [0.25, 0.3) is 0 Å². The van der Waals surface area contributed by atoms with Crippen molar-refractivity contribution >= 4 is 22.9 Å². The van der Waals surface area contributed by atoms with Crippen LogP contribution < -0.4 is 5.32 Å². The van der Waals surface area contributed by atoms with Crippen LogP contribution in [0.3, 0.4) is 0 Å². The molecule has 3 rings (SSSR count). The van der Waals surface area contributed by atoms with E-state index in [9.17, 15) is 9.59 Å². The predicted molar refractivity (Wildman–Crippen MR) is 99.6 cm³/mol. The first kappa shape index (κ1) is 18.4. The summed E-state index contributed by atoms with van der Waals surface area (Å²) in [6, 6.07) is 5.62. The molecule has 0 spiro atoms. The number of carbonyl (C=O) groups excluding carboxylic acids is 2. The summed E-state index contributed by atoms with van der Waals surface area (Å²) in [6.07, 6.45) is 1.99. The Kier molecular flexibility index (Phi) is 5.03. The molecule has 1 aliphatic heterocycles. The molecular weight excluding hydrogens is 330 g/mol. The zero-order valence-electron chi connectivity index (χ0n) is 16.0. The number of carbonyl (C=O) groups is 2. The second kappa shape index (κ2) is 7.09. The van der Waals surface area contributed by atoms with E-state index in [0.29, 0.717) is 30.9 Å². The van der Waals surface area contributed by atoms with Crippen molar-refractivity contribution in [2.45, 2.75) is 65.0 Å². The van der Waals surface area contributed by atoms with Crippen LogP contribution in [-0.4, -0.2) is 34.3 Å². The molecule has 2 amide bonds. The van der Waals surface area contributed by atoms with Gasteiger partial charge in [0.15, 0.2) is 5.58 Å². The lowest BCUT2D eigenvalue weighted by atomic mass is 9.87. The molecule has 1 aliphatic rings. The molecule has 1 fully saturated rings. The number of rotatable bonds is 4. The zero-order valence-corrected chi connectivity index (χ0v) is 16.0. The number of nitrogens with one attached hydrogen (secondary N) is 1. The van der Waals surface area contributed by atoms with Gasteiger partial charge in [-0.05, 0) is 36.0 Å². The van der Waals surface area contributed by atoms with Crippen LogP contribution in [0.2, 0.25) is 0 Å². The molecule has 6 heteroatoms. The average molecular weight is 357 g/mol. The van der Waals surface area contributed by atoms with E-state index in [-0.39, 0.29) is 29.8 Å². The Balaban J connectivity index is 1.67. The first-order chi connectivity index (χ1) is 12.3. The van der Waals surface area contributed by atoms with E-state index in [1.54, 1.807) is 4.90 Å². The number of hydrogen-bond donors (Lipinski definition) is 1. The molecule has 0 bridgehead atoms. The van der Waals surface area contributed by atoms with Crippen molar-refractivity contribution in [3.63, 3.8) is 0 Å². The van der Waals surface area contributed by atoms with Gasteiger partial charge in [-0.3, -0.25) is 9.59 Å². The molecular formula is C20H27N3O3. The fourth-order valence-corrected chi connectivity index (χ4v) is 3.34. The molecule has 6 nitrogen and oxygen atoms in total. The summed E-state index contributed by atoms with van der Waals surface area (Å²) in [5, 5.41) is 2.87. The van der Waals surface area contributed by atoms with Gasteiger partial charge in [0.05, 0.1) is 6.54 Å². The van der Waals surface area contributed by atoms with Crippen molar-refractivity contribution in [3.05, 3.63) is 29.7 Å². The third kappa shape index (κ3) is 3.74. The highest BCUT2D eigenvalue weighted by atomic mass is 16.3. The number of oxazole rings is 1. The average Bonchev–Trinajstić information content (AvgIpc) is 3.23. The van der Waals surface area contributed by atoms with E-state index in [1.165, 1.54) is 5.56 Å². The Morgan fingerprint density at radius 1 is 1.35 bits per heavy atom. The molecule has 1 aromatic carbocycles. The standard InChI is InChI=1S/C20H27N3O3/c1-5-18(24)23-10-6-7-15(23)19(25)21-12-17-22-14-11-13(20(2,3)4)8-9-16(14)26-17/h8-9,11,15H,5-7,10,12H2,1-4H3,(H,21,25)/t15-/m0/s1. The maximum absolute atomic E-state index is 12.5. The van der Waals surface area contributed by atoms with Crippen LogP contribution in [0.4, 0.5) is 0 Å². The van der Waals surface area contributed by atoms with E-state index in [1.807, 2.05) is 25.1 Å². The lowest BCUT2D eigenvalue weighted by molar-refractivity contribution is -0.138. The van der Waals surface area contributed by atoms with Crippen molar-refractivity contribution in [1.29, 1.82) is 0 Å². The minimum absolute atomic E-state index is 0.0271. The van der Waals surface area contributed by atoms with Crippen molar-refractivity contribution < 1.29 is 14.0 Å². The third-order valence-electron chi connectivity index (χ3n) is 4.89. The summed E-state index contributed by atoms with van der Waals surface area (Å²) in [5.74, 6) is 0.368. The Morgan fingerprint density at radius 3 is 2.81 bits per heavy atom. The Bertz CT molecular complexity index is 819.